The molecule has 0 saturated carbocycles. The molecule has 60 heavy (non-hydrogen) atoms. The van der Waals surface area contributed by atoms with Gasteiger partial charge in [-0.2, -0.15) is 27.5 Å². The van der Waals surface area contributed by atoms with Crippen LogP contribution >= 0.6 is 0 Å². The number of azo groups is 1. The summed E-state index contributed by atoms with van der Waals surface area (Å²) in [5.74, 6) is -1.51. The molecular weight excluding hydrogens is 971 g/mol. The fourth-order valence-corrected chi connectivity index (χ4v) is 6.00. The van der Waals surface area contributed by atoms with Crippen LogP contribution in [0.2, 0.25) is 0 Å². The van der Waals surface area contributed by atoms with Crippen LogP contribution in [0.15, 0.2) is 84.6 Å². The molecule has 1 aliphatic rings. The Balaban J connectivity index is -0.000000756. The maximum absolute atomic E-state index is 13.1. The van der Waals surface area contributed by atoms with E-state index in [9.17, 15) is 34.6 Å². The Morgan fingerprint density at radius 3 is 1.58 bits per heavy atom. The van der Waals surface area contributed by atoms with Crippen molar-refractivity contribution in [2.45, 2.75) is 14.7 Å². The molecule has 0 unspecified atom stereocenters. The Labute approximate surface area is 434 Å². The molecule has 0 bridgehead atoms. The summed E-state index contributed by atoms with van der Waals surface area (Å²) < 4.78 is 174. The molecule has 3 aromatic carbocycles. The van der Waals surface area contributed by atoms with Gasteiger partial charge in [0.15, 0.2) is 19.7 Å². The average molecular weight is 994 g/mol. The summed E-state index contributed by atoms with van der Waals surface area (Å²) in [6.07, 6.45) is 4.01. The van der Waals surface area contributed by atoms with E-state index >= 15 is 0 Å². The van der Waals surface area contributed by atoms with Crippen molar-refractivity contribution < 1.29 is 201 Å². The number of nitrogens with zero attached hydrogens (tertiary/aromatic N) is 3. The van der Waals surface area contributed by atoms with Gasteiger partial charge in [-0.05, 0) is 48.5 Å². The van der Waals surface area contributed by atoms with Gasteiger partial charge in [0.2, 0.25) is 20.8 Å². The molecule has 0 spiro atoms. The van der Waals surface area contributed by atoms with Gasteiger partial charge in [0.05, 0.1) is 37.5 Å². The molecule has 0 atom stereocenters. The van der Waals surface area contributed by atoms with Crippen molar-refractivity contribution in [1.82, 2.24) is 0 Å². The van der Waals surface area contributed by atoms with E-state index in [0.717, 1.165) is 12.1 Å². The maximum atomic E-state index is 13.1. The summed E-state index contributed by atoms with van der Waals surface area (Å²) in [4.78, 5) is 11.9. The SMILES string of the molecule is O=S(=O)([O-])O.O=S(=O)([O-])O.O=S(=O)=O.[CH2-]CS(=O)(=O)c1ccc(N=Nc2c(N)ccc3c2C=[C-]C(=NNc2ccc(S(=O)(=O)C[CH2-])cc2S(=O)(=O)[O-])C3=O)cc1.[Na+].[Na+].[Na+].[Na+]. The number of rotatable bonds is 9. The van der Waals surface area contributed by atoms with Crippen molar-refractivity contribution in [3.63, 3.8) is 0 Å². The van der Waals surface area contributed by atoms with Crippen molar-refractivity contribution in [1.29, 1.82) is 0 Å². The number of anilines is 2. The minimum Gasteiger partial charge on any atom is -0.744 e. The summed E-state index contributed by atoms with van der Waals surface area (Å²) in [5.41, 5.74) is 8.74. The predicted octanol–water partition coefficient (Wildman–Crippen LogP) is -11.7. The number of Topliss-reactive ketones (excluding diaryl/α,β-unsaturated/α-hetero) is 1. The van der Waals surface area contributed by atoms with Crippen molar-refractivity contribution in [3.8, 4) is 0 Å². The number of carbonyl (C=O) groups is 1. The van der Waals surface area contributed by atoms with Crippen molar-refractivity contribution >= 4 is 102 Å². The van der Waals surface area contributed by atoms with E-state index in [1.54, 1.807) is 0 Å². The van der Waals surface area contributed by atoms with Crippen LogP contribution in [0.25, 0.3) is 6.08 Å². The number of fused-ring (bicyclic) bond motifs is 1. The molecule has 0 fully saturated rings. The molecule has 0 aliphatic heterocycles. The van der Waals surface area contributed by atoms with Gasteiger partial charge in [0, 0.05) is 11.4 Å². The first-order valence-corrected chi connectivity index (χ1v) is 22.0. The van der Waals surface area contributed by atoms with Gasteiger partial charge in [-0.3, -0.25) is 14.5 Å². The number of nitrogens with one attached hydrogen (secondary N) is 1. The van der Waals surface area contributed by atoms with Crippen LogP contribution < -0.4 is 129 Å². The average Bonchev–Trinajstić information content (AvgIpc) is 3.05. The smallest absolute Gasteiger partial charge is 0.744 e. The molecule has 5 N–H and O–H groups in total. The third kappa shape index (κ3) is 24.2. The molecule has 3 aromatic rings. The van der Waals surface area contributed by atoms with E-state index in [1.807, 2.05) is 0 Å². The van der Waals surface area contributed by atoms with Crippen LogP contribution in [0.5, 0.6) is 0 Å². The molecule has 0 aromatic heterocycles. The van der Waals surface area contributed by atoms with Crippen molar-refractivity contribution in [2.75, 3.05) is 22.7 Å². The summed E-state index contributed by atoms with van der Waals surface area (Å²) in [5, 5.41) is 12.1. The molecule has 0 heterocycles. The fourth-order valence-electron chi connectivity index (χ4n) is 3.67. The molecule has 1 aliphatic carbocycles. The second kappa shape index (κ2) is 28.1. The Kier molecular flexibility index (Phi) is 30.8. The van der Waals surface area contributed by atoms with E-state index in [4.69, 9.17) is 53.4 Å². The standard InChI is InChI=1S/C26H22N5O8S3.4Na.2H2O4S.O3S/c1-3-40(33,34)17-7-5-16(6-8-17)28-31-25-19-11-14-23(26(32)20(19)10-12-21(25)27)30-29-22-13-9-18(41(35,36)4-2)15-24(22)42(37,38)39;;;;;2*1-5(2,3)4;1-4(2)3/h5-13,15,29H,1-4,27H2,(H,37,38,39);;;;;2*(H2,1,2,3,4);/q-3;4*+1;;;/p-3. The zero-order valence-electron chi connectivity index (χ0n) is 31.3. The van der Waals surface area contributed by atoms with E-state index in [1.165, 1.54) is 42.5 Å². The number of hydrogen-bond donors (Lipinski definition) is 4. The van der Waals surface area contributed by atoms with Crippen molar-refractivity contribution in [2.24, 2.45) is 15.3 Å². The third-order valence-electron chi connectivity index (χ3n) is 5.93. The van der Waals surface area contributed by atoms with E-state index in [-0.39, 0.29) is 163 Å². The summed E-state index contributed by atoms with van der Waals surface area (Å²) in [7, 11) is -25.5. The molecule has 34 heteroatoms. The van der Waals surface area contributed by atoms with Gasteiger partial charge >= 0.3 is 129 Å². The minimum atomic E-state index is -5.14. The largest absolute Gasteiger partial charge is 1.00 e. The van der Waals surface area contributed by atoms with Gasteiger partial charge in [-0.15, -0.1) is 12.6 Å². The molecule has 0 saturated heterocycles. The quantitative estimate of drug-likeness (QED) is 0.0294. The van der Waals surface area contributed by atoms with Gasteiger partial charge in [-0.1, -0.05) is 28.7 Å². The predicted molar refractivity (Wildman–Crippen MR) is 188 cm³/mol. The molecular formula is C26H23N5Na4O19S6-2. The van der Waals surface area contributed by atoms with Crippen LogP contribution in [-0.2, 0) is 61.2 Å². The number of hydrogen-bond acceptors (Lipinski definition) is 22. The second-order valence-electron chi connectivity index (χ2n) is 9.66. The fraction of sp³-hybridized carbons (Fsp3) is 0.0769. The summed E-state index contributed by atoms with van der Waals surface area (Å²) in [6, 6.07) is 11.2. The third-order valence-corrected chi connectivity index (χ3v) is 9.84. The van der Waals surface area contributed by atoms with Crippen LogP contribution in [-0.4, -0.2) is 100 Å². The Morgan fingerprint density at radius 1 is 0.717 bits per heavy atom. The Bertz CT molecular complexity index is 2700. The van der Waals surface area contributed by atoms with E-state index in [2.05, 4.69) is 40.7 Å². The maximum Gasteiger partial charge on any atom is 1.00 e. The van der Waals surface area contributed by atoms with Crippen LogP contribution in [0.1, 0.15) is 15.9 Å². The number of hydrazone groups is 1. The van der Waals surface area contributed by atoms with Crippen LogP contribution in [0, 0.1) is 19.9 Å². The molecule has 0 radical (unpaired) electrons. The van der Waals surface area contributed by atoms with E-state index < -0.39 is 82.5 Å². The number of allylic oxidation sites excluding steroid dienone is 1. The number of benzene rings is 3. The minimum absolute atomic E-state index is 0. The topological polar surface area (TPSA) is 424 Å². The van der Waals surface area contributed by atoms with E-state index in [0.29, 0.717) is 11.8 Å². The molecule has 24 nitrogen and oxygen atoms in total. The summed E-state index contributed by atoms with van der Waals surface area (Å²) >= 11 is 0. The molecule has 4 rings (SSSR count). The van der Waals surface area contributed by atoms with Gasteiger partial charge in [0.1, 0.15) is 10.1 Å². The molecule has 308 valence electrons. The first-order valence-electron chi connectivity index (χ1n) is 13.6. The number of carbonyl (C=O) groups excluding carboxylic acids is 1. The van der Waals surface area contributed by atoms with Gasteiger partial charge in [-0.25, -0.2) is 42.1 Å². The first kappa shape index (κ1) is 65.7. The normalized spacial score (nSPS) is 12.7. The van der Waals surface area contributed by atoms with Crippen LogP contribution in [0.4, 0.5) is 22.7 Å². The van der Waals surface area contributed by atoms with Crippen LogP contribution in [0.3, 0.4) is 0 Å². The number of ketones is 1. The first-order chi connectivity index (χ1) is 25.4. The zero-order chi connectivity index (χ0) is 43.4. The molecule has 0 amide bonds. The number of sulfone groups is 2. The Hall–Kier alpha value is -0.890. The van der Waals surface area contributed by atoms with Gasteiger partial charge < -0.3 is 38.0 Å². The second-order valence-corrected chi connectivity index (χ2v) is 17.3. The zero-order valence-corrected chi connectivity index (χ0v) is 44.2. The number of nitrogens with two attached hydrogens (primary N) is 1. The summed E-state index contributed by atoms with van der Waals surface area (Å²) in [6.45, 7) is 6.68. The monoisotopic (exact) mass is 993 g/mol. The van der Waals surface area contributed by atoms with Crippen molar-refractivity contribution in [3.05, 3.63) is 85.6 Å². The number of nitrogen functional groups attached to an aromatic ring is 1. The Morgan fingerprint density at radius 2 is 1.15 bits per heavy atom. The van der Waals surface area contributed by atoms with Gasteiger partial charge in [0.25, 0.3) is 0 Å².